The van der Waals surface area contributed by atoms with Gasteiger partial charge in [0.15, 0.2) is 11.6 Å². The second-order valence-electron chi connectivity index (χ2n) is 3.88. The van der Waals surface area contributed by atoms with Crippen molar-refractivity contribution in [3.05, 3.63) is 65.2 Å². The number of nitrogens with two attached hydrogens (primary N) is 1. The molecule has 2 N–H and O–H groups in total. The second kappa shape index (κ2) is 5.48. The number of anilines is 1. The zero-order valence-corrected chi connectivity index (χ0v) is 9.90. The summed E-state index contributed by atoms with van der Waals surface area (Å²) in [6.45, 7) is -0.350. The molecule has 0 aliphatic rings. The molecular weight excluding hydrogens is 252 g/mol. The summed E-state index contributed by atoms with van der Waals surface area (Å²) in [4.78, 5) is 11.7. The summed E-state index contributed by atoms with van der Waals surface area (Å²) in [5.41, 5.74) is 6.05. The molecule has 0 unspecified atom stereocenters. The number of carbonyl (C=O) groups excluding carboxylic acids is 1. The molecule has 0 radical (unpaired) electrons. The molecule has 5 heteroatoms. The van der Waals surface area contributed by atoms with Gasteiger partial charge in [-0.1, -0.05) is 24.3 Å². The van der Waals surface area contributed by atoms with Crippen LogP contribution in [0.25, 0.3) is 0 Å². The predicted molar refractivity (Wildman–Crippen MR) is 66.3 cm³/mol. The van der Waals surface area contributed by atoms with Gasteiger partial charge in [0.2, 0.25) is 0 Å². The number of para-hydroxylation sites is 1. The quantitative estimate of drug-likeness (QED) is 0.684. The van der Waals surface area contributed by atoms with Crippen molar-refractivity contribution in [1.82, 2.24) is 0 Å². The number of halogens is 2. The normalized spacial score (nSPS) is 10.2. The van der Waals surface area contributed by atoms with Crippen molar-refractivity contribution in [2.45, 2.75) is 6.61 Å². The lowest BCUT2D eigenvalue weighted by Crippen LogP contribution is -2.09. The molecule has 2 rings (SSSR count). The van der Waals surface area contributed by atoms with E-state index in [9.17, 15) is 13.6 Å². The molecule has 3 nitrogen and oxygen atoms in total. The van der Waals surface area contributed by atoms with Gasteiger partial charge in [-0.3, -0.25) is 0 Å². The SMILES string of the molecule is Nc1ccccc1C(=O)OCc1cccc(F)c1F. The van der Waals surface area contributed by atoms with E-state index in [0.717, 1.165) is 6.07 Å². The molecule has 98 valence electrons. The molecule has 0 fully saturated rings. The highest BCUT2D eigenvalue weighted by Gasteiger charge is 2.13. The van der Waals surface area contributed by atoms with Crippen molar-refractivity contribution < 1.29 is 18.3 Å². The van der Waals surface area contributed by atoms with Crippen LogP contribution in [0.5, 0.6) is 0 Å². The van der Waals surface area contributed by atoms with Crippen molar-refractivity contribution in [3.8, 4) is 0 Å². The average Bonchev–Trinajstić information content (AvgIpc) is 2.40. The number of ether oxygens (including phenoxy) is 1. The lowest BCUT2D eigenvalue weighted by Gasteiger charge is -2.07. The van der Waals surface area contributed by atoms with Crippen molar-refractivity contribution in [2.75, 3.05) is 5.73 Å². The van der Waals surface area contributed by atoms with E-state index in [0.29, 0.717) is 0 Å². The lowest BCUT2D eigenvalue weighted by atomic mass is 10.2. The van der Waals surface area contributed by atoms with E-state index in [-0.39, 0.29) is 23.4 Å². The molecule has 0 saturated heterocycles. The maximum absolute atomic E-state index is 13.3. The topological polar surface area (TPSA) is 52.3 Å². The average molecular weight is 263 g/mol. The van der Waals surface area contributed by atoms with Gasteiger partial charge in [-0.05, 0) is 18.2 Å². The van der Waals surface area contributed by atoms with Crippen LogP contribution in [0.4, 0.5) is 14.5 Å². The molecule has 0 atom stereocenters. The largest absolute Gasteiger partial charge is 0.457 e. The maximum atomic E-state index is 13.3. The van der Waals surface area contributed by atoms with Crippen LogP contribution in [0.3, 0.4) is 0 Å². The Kier molecular flexibility index (Phi) is 3.75. The Labute approximate surface area is 108 Å². The van der Waals surface area contributed by atoms with Crippen LogP contribution in [0.1, 0.15) is 15.9 Å². The van der Waals surface area contributed by atoms with Crippen molar-refractivity contribution in [1.29, 1.82) is 0 Å². The molecule has 2 aromatic carbocycles. The van der Waals surface area contributed by atoms with Crippen molar-refractivity contribution in [2.24, 2.45) is 0 Å². The Morgan fingerprint density at radius 2 is 1.84 bits per heavy atom. The summed E-state index contributed by atoms with van der Waals surface area (Å²) < 4.78 is 31.2. The molecule has 0 amide bonds. The van der Waals surface area contributed by atoms with Crippen LogP contribution in [-0.4, -0.2) is 5.97 Å². The fourth-order valence-corrected chi connectivity index (χ4v) is 1.56. The number of esters is 1. The van der Waals surface area contributed by atoms with Gasteiger partial charge in [0.1, 0.15) is 6.61 Å². The number of hydrogen-bond donors (Lipinski definition) is 1. The van der Waals surface area contributed by atoms with Crippen LogP contribution < -0.4 is 5.73 Å². The van der Waals surface area contributed by atoms with E-state index >= 15 is 0 Å². The van der Waals surface area contributed by atoms with Gasteiger partial charge in [-0.2, -0.15) is 0 Å². The fraction of sp³-hybridized carbons (Fsp3) is 0.0714. The van der Waals surface area contributed by atoms with E-state index < -0.39 is 17.6 Å². The minimum atomic E-state index is -1.02. The van der Waals surface area contributed by atoms with E-state index in [1.807, 2.05) is 0 Å². The van der Waals surface area contributed by atoms with Crippen LogP contribution in [0, 0.1) is 11.6 Å². The minimum absolute atomic E-state index is 0.0251. The Balaban J connectivity index is 2.09. The van der Waals surface area contributed by atoms with Crippen LogP contribution in [0.15, 0.2) is 42.5 Å². The first-order valence-electron chi connectivity index (χ1n) is 5.54. The highest BCUT2D eigenvalue weighted by molar-refractivity contribution is 5.94. The van der Waals surface area contributed by atoms with Gasteiger partial charge in [-0.15, -0.1) is 0 Å². The van der Waals surface area contributed by atoms with Gasteiger partial charge in [0.05, 0.1) is 5.56 Å². The van der Waals surface area contributed by atoms with Gasteiger partial charge in [0, 0.05) is 11.3 Å². The first-order valence-corrected chi connectivity index (χ1v) is 5.54. The Morgan fingerprint density at radius 1 is 1.11 bits per heavy atom. The summed E-state index contributed by atoms with van der Waals surface area (Å²) in [6.07, 6.45) is 0. The number of rotatable bonds is 3. The molecule has 0 aromatic heterocycles. The highest BCUT2D eigenvalue weighted by atomic mass is 19.2. The molecule has 0 aliphatic heterocycles. The lowest BCUT2D eigenvalue weighted by molar-refractivity contribution is 0.0469. The first kappa shape index (κ1) is 13.0. The van der Waals surface area contributed by atoms with E-state index in [1.54, 1.807) is 18.2 Å². The Morgan fingerprint density at radius 3 is 2.58 bits per heavy atom. The number of nitrogen functional groups attached to an aromatic ring is 1. The van der Waals surface area contributed by atoms with Crippen molar-refractivity contribution in [3.63, 3.8) is 0 Å². The summed E-state index contributed by atoms with van der Waals surface area (Å²) in [5.74, 6) is -2.68. The molecule has 0 saturated carbocycles. The molecule has 0 aliphatic carbocycles. The van der Waals surface area contributed by atoms with Crippen LogP contribution in [-0.2, 0) is 11.3 Å². The smallest absolute Gasteiger partial charge is 0.340 e. The monoisotopic (exact) mass is 263 g/mol. The molecule has 0 bridgehead atoms. The molecular formula is C14H11F2NO2. The van der Waals surface area contributed by atoms with E-state index in [1.165, 1.54) is 18.2 Å². The third-order valence-corrected chi connectivity index (χ3v) is 2.57. The van der Waals surface area contributed by atoms with Crippen LogP contribution in [0.2, 0.25) is 0 Å². The summed E-state index contributed by atoms with van der Waals surface area (Å²) in [6, 6.07) is 10.1. The Bertz CT molecular complexity index is 614. The third kappa shape index (κ3) is 2.88. The van der Waals surface area contributed by atoms with Gasteiger partial charge < -0.3 is 10.5 Å². The Hall–Kier alpha value is -2.43. The summed E-state index contributed by atoms with van der Waals surface area (Å²) in [5, 5.41) is 0. The highest BCUT2D eigenvalue weighted by Crippen LogP contribution is 2.15. The molecule has 2 aromatic rings. The first-order chi connectivity index (χ1) is 9.09. The maximum Gasteiger partial charge on any atom is 0.340 e. The van der Waals surface area contributed by atoms with Gasteiger partial charge in [-0.25, -0.2) is 13.6 Å². The predicted octanol–water partition coefficient (Wildman–Crippen LogP) is 2.90. The second-order valence-corrected chi connectivity index (χ2v) is 3.88. The summed E-state index contributed by atoms with van der Waals surface area (Å²) >= 11 is 0. The number of benzene rings is 2. The third-order valence-electron chi connectivity index (χ3n) is 2.57. The zero-order chi connectivity index (χ0) is 13.8. The number of hydrogen-bond acceptors (Lipinski definition) is 3. The number of carbonyl (C=O) groups is 1. The van der Waals surface area contributed by atoms with Crippen molar-refractivity contribution >= 4 is 11.7 Å². The van der Waals surface area contributed by atoms with Gasteiger partial charge in [0.25, 0.3) is 0 Å². The molecule has 0 heterocycles. The molecule has 0 spiro atoms. The van der Waals surface area contributed by atoms with E-state index in [4.69, 9.17) is 10.5 Å². The summed E-state index contributed by atoms with van der Waals surface area (Å²) in [7, 11) is 0. The standard InChI is InChI=1S/C14H11F2NO2/c15-11-6-3-4-9(13(11)16)8-19-14(18)10-5-1-2-7-12(10)17/h1-7H,8,17H2. The van der Waals surface area contributed by atoms with E-state index in [2.05, 4.69) is 0 Å². The fourth-order valence-electron chi connectivity index (χ4n) is 1.56. The minimum Gasteiger partial charge on any atom is -0.457 e. The van der Waals surface area contributed by atoms with Crippen LogP contribution >= 0.6 is 0 Å². The zero-order valence-electron chi connectivity index (χ0n) is 9.90. The molecule has 19 heavy (non-hydrogen) atoms. The van der Waals surface area contributed by atoms with Gasteiger partial charge >= 0.3 is 5.97 Å².